The molecule has 1 amide bonds. The van der Waals surface area contributed by atoms with Crippen LogP contribution in [0.4, 0.5) is 5.69 Å². The molecule has 1 aromatic heterocycles. The first-order chi connectivity index (χ1) is 10.1. The van der Waals surface area contributed by atoms with Crippen molar-refractivity contribution in [2.75, 3.05) is 5.32 Å². The van der Waals surface area contributed by atoms with E-state index in [-0.39, 0.29) is 17.6 Å². The van der Waals surface area contributed by atoms with Crippen molar-refractivity contribution >= 4 is 28.7 Å². The van der Waals surface area contributed by atoms with Crippen molar-refractivity contribution in [1.82, 2.24) is 0 Å². The number of allylic oxidation sites excluding steroid dienone is 1. The Morgan fingerprint density at radius 2 is 1.90 bits per heavy atom. The van der Waals surface area contributed by atoms with E-state index in [2.05, 4.69) is 11.9 Å². The van der Waals surface area contributed by atoms with Crippen molar-refractivity contribution < 1.29 is 9.59 Å². The summed E-state index contributed by atoms with van der Waals surface area (Å²) in [5, 5.41) is 4.67. The zero-order valence-electron chi connectivity index (χ0n) is 11.8. The number of ketones is 1. The number of anilines is 1. The smallest absolute Gasteiger partial charge is 0.240 e. The van der Waals surface area contributed by atoms with Crippen LogP contribution in [0.3, 0.4) is 0 Å². The minimum absolute atomic E-state index is 0.138. The molecule has 2 unspecified atom stereocenters. The zero-order chi connectivity index (χ0) is 15.2. The Hall–Kier alpha value is -2.20. The topological polar surface area (TPSA) is 46.2 Å². The summed E-state index contributed by atoms with van der Waals surface area (Å²) in [6.45, 7) is 5.40. The van der Waals surface area contributed by atoms with Gasteiger partial charge in [-0.1, -0.05) is 37.3 Å². The Morgan fingerprint density at radius 3 is 2.48 bits per heavy atom. The van der Waals surface area contributed by atoms with E-state index in [1.165, 1.54) is 11.3 Å². The number of rotatable bonds is 6. The van der Waals surface area contributed by atoms with Crippen LogP contribution in [0.25, 0.3) is 0 Å². The summed E-state index contributed by atoms with van der Waals surface area (Å²) >= 11 is 1.41. The summed E-state index contributed by atoms with van der Waals surface area (Å²) in [5.74, 6) is -1.60. The van der Waals surface area contributed by atoms with Gasteiger partial charge in [0.1, 0.15) is 5.92 Å². The van der Waals surface area contributed by atoms with E-state index in [9.17, 15) is 9.59 Å². The molecule has 0 spiro atoms. The second kappa shape index (κ2) is 6.99. The number of Topliss-reactive ketones (excluding diaryl/α,β-unsaturated/α-hetero) is 1. The summed E-state index contributed by atoms with van der Waals surface area (Å²) in [5.41, 5.74) is 0.683. The van der Waals surface area contributed by atoms with Crippen molar-refractivity contribution in [2.45, 2.75) is 12.8 Å². The molecule has 2 atom stereocenters. The van der Waals surface area contributed by atoms with E-state index in [4.69, 9.17) is 0 Å². The van der Waals surface area contributed by atoms with Gasteiger partial charge in [0, 0.05) is 16.5 Å². The molecule has 0 aliphatic carbocycles. The molecule has 0 aliphatic rings. The van der Waals surface area contributed by atoms with Crippen LogP contribution in [0.15, 0.2) is 60.5 Å². The fourth-order valence-corrected chi connectivity index (χ4v) is 2.80. The summed E-state index contributed by atoms with van der Waals surface area (Å²) in [7, 11) is 0. The van der Waals surface area contributed by atoms with E-state index in [0.29, 0.717) is 5.69 Å². The first-order valence-corrected chi connectivity index (χ1v) is 7.57. The monoisotopic (exact) mass is 299 g/mol. The van der Waals surface area contributed by atoms with E-state index in [0.717, 1.165) is 4.88 Å². The van der Waals surface area contributed by atoms with Crippen LogP contribution >= 0.6 is 11.3 Å². The van der Waals surface area contributed by atoms with Crippen LogP contribution in [-0.4, -0.2) is 11.7 Å². The van der Waals surface area contributed by atoms with Gasteiger partial charge in [0.25, 0.3) is 0 Å². The second-order valence-electron chi connectivity index (χ2n) is 4.73. The molecule has 1 aromatic carbocycles. The lowest BCUT2D eigenvalue weighted by atomic mass is 9.92. The first-order valence-electron chi connectivity index (χ1n) is 6.69. The minimum Gasteiger partial charge on any atom is -0.325 e. The third kappa shape index (κ3) is 3.67. The molecular weight excluding hydrogens is 282 g/mol. The molecule has 3 nitrogen and oxygen atoms in total. The average Bonchev–Trinajstić information content (AvgIpc) is 3.01. The average molecular weight is 299 g/mol. The molecule has 2 aromatic rings. The lowest BCUT2D eigenvalue weighted by Crippen LogP contribution is -2.30. The lowest BCUT2D eigenvalue weighted by molar-refractivity contribution is -0.129. The number of hydrogen-bond acceptors (Lipinski definition) is 3. The van der Waals surface area contributed by atoms with Crippen LogP contribution in [0.2, 0.25) is 0 Å². The van der Waals surface area contributed by atoms with Gasteiger partial charge >= 0.3 is 0 Å². The van der Waals surface area contributed by atoms with Gasteiger partial charge in [-0.15, -0.1) is 17.9 Å². The Labute approximate surface area is 128 Å². The highest BCUT2D eigenvalue weighted by molar-refractivity contribution is 7.10. The number of hydrogen-bond donors (Lipinski definition) is 1. The van der Waals surface area contributed by atoms with Gasteiger partial charge in [-0.3, -0.25) is 9.59 Å². The molecule has 0 aliphatic heterocycles. The predicted octanol–water partition coefficient (Wildman–Crippen LogP) is 3.86. The molecule has 108 valence electrons. The molecule has 0 radical (unpaired) electrons. The van der Waals surface area contributed by atoms with E-state index in [1.807, 2.05) is 35.7 Å². The van der Waals surface area contributed by atoms with E-state index >= 15 is 0 Å². The van der Waals surface area contributed by atoms with Crippen molar-refractivity contribution in [3.63, 3.8) is 0 Å². The van der Waals surface area contributed by atoms with Gasteiger partial charge < -0.3 is 5.32 Å². The van der Waals surface area contributed by atoms with Crippen LogP contribution in [0, 0.1) is 5.92 Å². The van der Waals surface area contributed by atoms with Crippen molar-refractivity contribution in [2.24, 2.45) is 5.92 Å². The molecule has 1 N–H and O–H groups in total. The minimum atomic E-state index is -0.793. The van der Waals surface area contributed by atoms with Gasteiger partial charge in [0.15, 0.2) is 5.78 Å². The summed E-state index contributed by atoms with van der Waals surface area (Å²) in [6.07, 6.45) is 1.57. The molecule has 0 saturated heterocycles. The largest absolute Gasteiger partial charge is 0.325 e. The Morgan fingerprint density at radius 1 is 1.19 bits per heavy atom. The third-order valence-electron chi connectivity index (χ3n) is 3.22. The normalized spacial score (nSPS) is 13.2. The highest BCUT2D eigenvalue weighted by atomic mass is 32.1. The Bertz CT molecular complexity index is 620. The standard InChI is InChI=1S/C17H17NO2S/c1-3-12(2)16(19)15(14-10-7-11-21-14)17(20)18-13-8-5-4-6-9-13/h3-12,15H,1H2,2H3,(H,18,20). The molecule has 0 fully saturated rings. The summed E-state index contributed by atoms with van der Waals surface area (Å²) in [6, 6.07) is 12.8. The van der Waals surface area contributed by atoms with Crippen LogP contribution in [-0.2, 0) is 9.59 Å². The van der Waals surface area contributed by atoms with Crippen LogP contribution < -0.4 is 5.32 Å². The van der Waals surface area contributed by atoms with Gasteiger partial charge in [0.05, 0.1) is 0 Å². The molecular formula is C17H17NO2S. The molecule has 1 heterocycles. The molecule has 21 heavy (non-hydrogen) atoms. The fourth-order valence-electron chi connectivity index (χ4n) is 1.97. The number of thiophene rings is 1. The maximum atomic E-state index is 12.5. The number of nitrogens with one attached hydrogen (secondary N) is 1. The SMILES string of the molecule is C=CC(C)C(=O)C(C(=O)Nc1ccccc1)c1cccs1. The molecule has 2 rings (SSSR count). The highest BCUT2D eigenvalue weighted by Crippen LogP contribution is 2.27. The first kappa shape index (κ1) is 15.2. The maximum Gasteiger partial charge on any atom is 0.240 e. The van der Waals surface area contributed by atoms with Crippen molar-refractivity contribution in [3.05, 3.63) is 65.4 Å². The van der Waals surface area contributed by atoms with Gasteiger partial charge in [0.2, 0.25) is 5.91 Å². The van der Waals surface area contributed by atoms with E-state index in [1.54, 1.807) is 25.1 Å². The Balaban J connectivity index is 2.25. The number of benzene rings is 1. The highest BCUT2D eigenvalue weighted by Gasteiger charge is 2.31. The number of carbonyl (C=O) groups excluding carboxylic acids is 2. The van der Waals surface area contributed by atoms with Crippen LogP contribution in [0.1, 0.15) is 17.7 Å². The quantitative estimate of drug-likeness (QED) is 0.650. The number of amides is 1. The van der Waals surface area contributed by atoms with Crippen molar-refractivity contribution in [1.29, 1.82) is 0 Å². The predicted molar refractivity (Wildman–Crippen MR) is 86.5 cm³/mol. The lowest BCUT2D eigenvalue weighted by Gasteiger charge is -2.17. The second-order valence-corrected chi connectivity index (χ2v) is 5.71. The summed E-state index contributed by atoms with van der Waals surface area (Å²) < 4.78 is 0. The molecule has 4 heteroatoms. The molecule has 0 bridgehead atoms. The molecule has 0 saturated carbocycles. The zero-order valence-corrected chi connectivity index (χ0v) is 12.6. The van der Waals surface area contributed by atoms with Crippen LogP contribution in [0.5, 0.6) is 0 Å². The van der Waals surface area contributed by atoms with Gasteiger partial charge in [-0.2, -0.15) is 0 Å². The number of para-hydroxylation sites is 1. The van der Waals surface area contributed by atoms with Gasteiger partial charge in [-0.05, 0) is 23.6 Å². The Kier molecular flexibility index (Phi) is 5.06. The summed E-state index contributed by atoms with van der Waals surface area (Å²) in [4.78, 5) is 25.7. The number of carbonyl (C=O) groups is 2. The maximum absolute atomic E-state index is 12.5. The third-order valence-corrected chi connectivity index (χ3v) is 4.16. The fraction of sp³-hybridized carbons (Fsp3) is 0.176. The van der Waals surface area contributed by atoms with E-state index < -0.39 is 5.92 Å². The van der Waals surface area contributed by atoms with Gasteiger partial charge in [-0.25, -0.2) is 0 Å². The van der Waals surface area contributed by atoms with Crippen molar-refractivity contribution in [3.8, 4) is 0 Å².